The maximum atomic E-state index is 11.8. The highest BCUT2D eigenvalue weighted by atomic mass is 16.2. The smallest absolute Gasteiger partial charge is 0.239 e. The molecule has 4 nitrogen and oxygen atoms in total. The van der Waals surface area contributed by atoms with E-state index in [0.29, 0.717) is 0 Å². The zero-order chi connectivity index (χ0) is 13.5. The van der Waals surface area contributed by atoms with Gasteiger partial charge in [0.25, 0.3) is 0 Å². The number of hydrogen-bond acceptors (Lipinski definition) is 3. The van der Waals surface area contributed by atoms with Crippen molar-refractivity contribution < 1.29 is 4.79 Å². The van der Waals surface area contributed by atoms with Crippen molar-refractivity contribution in [1.29, 1.82) is 0 Å². The second kappa shape index (κ2) is 7.74. The Hall–Kier alpha value is -0.610. The fraction of sp³-hybridized carbons (Fsp3) is 0.929. The molecule has 0 aromatic carbocycles. The van der Waals surface area contributed by atoms with Crippen molar-refractivity contribution >= 4 is 5.91 Å². The van der Waals surface area contributed by atoms with Crippen LogP contribution < -0.4 is 5.73 Å². The van der Waals surface area contributed by atoms with Crippen LogP contribution in [0, 0.1) is 5.92 Å². The lowest BCUT2D eigenvalue weighted by atomic mass is 9.96. The number of amides is 1. The van der Waals surface area contributed by atoms with Gasteiger partial charge in [-0.15, -0.1) is 0 Å². The van der Waals surface area contributed by atoms with E-state index in [1.165, 1.54) is 25.9 Å². The summed E-state index contributed by atoms with van der Waals surface area (Å²) in [6, 6.07) is -0.353. The Morgan fingerprint density at radius 1 is 1.44 bits per heavy atom. The van der Waals surface area contributed by atoms with E-state index >= 15 is 0 Å². The monoisotopic (exact) mass is 255 g/mol. The third-order valence-corrected chi connectivity index (χ3v) is 3.78. The predicted molar refractivity (Wildman–Crippen MR) is 75.4 cm³/mol. The zero-order valence-corrected chi connectivity index (χ0v) is 12.2. The molecule has 1 unspecified atom stereocenters. The summed E-state index contributed by atoms with van der Waals surface area (Å²) in [5.41, 5.74) is 5.64. The summed E-state index contributed by atoms with van der Waals surface area (Å²) in [5.74, 6) is 0.844. The van der Waals surface area contributed by atoms with Crippen molar-refractivity contribution in [2.45, 2.75) is 45.6 Å². The Labute approximate surface area is 111 Å². The second-order valence-electron chi connectivity index (χ2n) is 5.67. The Kier molecular flexibility index (Phi) is 6.65. The summed E-state index contributed by atoms with van der Waals surface area (Å²) in [7, 11) is 2.20. The first kappa shape index (κ1) is 15.4. The molecular formula is C14H29N3O. The Morgan fingerprint density at radius 2 is 2.06 bits per heavy atom. The third kappa shape index (κ3) is 4.94. The highest BCUT2D eigenvalue weighted by Crippen LogP contribution is 2.18. The van der Waals surface area contributed by atoms with Crippen LogP contribution >= 0.6 is 0 Å². The number of carbonyl (C=O) groups is 1. The van der Waals surface area contributed by atoms with Crippen LogP contribution in [0.15, 0.2) is 0 Å². The van der Waals surface area contributed by atoms with E-state index in [0.717, 1.165) is 31.8 Å². The van der Waals surface area contributed by atoms with Gasteiger partial charge in [-0.2, -0.15) is 0 Å². The highest BCUT2D eigenvalue weighted by molar-refractivity contribution is 5.81. The lowest BCUT2D eigenvalue weighted by Crippen LogP contribution is -2.47. The molecule has 0 spiro atoms. The molecule has 2 N–H and O–H groups in total. The van der Waals surface area contributed by atoms with Gasteiger partial charge in [-0.3, -0.25) is 4.79 Å². The fourth-order valence-electron chi connectivity index (χ4n) is 2.58. The molecule has 1 heterocycles. The summed E-state index contributed by atoms with van der Waals surface area (Å²) < 4.78 is 0. The number of hydrogen-bond donors (Lipinski definition) is 1. The van der Waals surface area contributed by atoms with E-state index < -0.39 is 0 Å². The fourth-order valence-corrected chi connectivity index (χ4v) is 2.58. The van der Waals surface area contributed by atoms with Crippen molar-refractivity contribution in [2.24, 2.45) is 11.7 Å². The minimum Gasteiger partial charge on any atom is -0.341 e. The molecule has 0 radical (unpaired) electrons. The van der Waals surface area contributed by atoms with Crippen LogP contribution in [0.1, 0.15) is 39.5 Å². The maximum Gasteiger partial charge on any atom is 0.239 e. The Bertz CT molecular complexity index is 247. The van der Waals surface area contributed by atoms with Gasteiger partial charge >= 0.3 is 0 Å². The van der Waals surface area contributed by atoms with Gasteiger partial charge in [-0.25, -0.2) is 0 Å². The van der Waals surface area contributed by atoms with Crippen LogP contribution in [0.3, 0.4) is 0 Å². The molecule has 0 aromatic heterocycles. The van der Waals surface area contributed by atoms with Gasteiger partial charge in [0.15, 0.2) is 0 Å². The minimum absolute atomic E-state index is 0.104. The van der Waals surface area contributed by atoms with Crippen LogP contribution in [0.25, 0.3) is 0 Å². The number of piperidine rings is 1. The summed E-state index contributed by atoms with van der Waals surface area (Å²) in [4.78, 5) is 16.1. The topological polar surface area (TPSA) is 49.6 Å². The van der Waals surface area contributed by atoms with Crippen molar-refractivity contribution in [3.8, 4) is 0 Å². The molecule has 0 aromatic rings. The number of likely N-dealkylation sites (tertiary alicyclic amines) is 1. The van der Waals surface area contributed by atoms with E-state index in [2.05, 4.69) is 18.9 Å². The summed E-state index contributed by atoms with van der Waals surface area (Å²) in [6.45, 7) is 8.12. The van der Waals surface area contributed by atoms with Gasteiger partial charge in [0.1, 0.15) is 0 Å². The first-order valence-corrected chi connectivity index (χ1v) is 7.27. The molecule has 1 atom stereocenters. The van der Waals surface area contributed by atoms with Gasteiger partial charge in [0.2, 0.25) is 5.91 Å². The molecule has 1 saturated heterocycles. The maximum absolute atomic E-state index is 11.8. The van der Waals surface area contributed by atoms with Gasteiger partial charge in [0.05, 0.1) is 6.04 Å². The van der Waals surface area contributed by atoms with Crippen LogP contribution in [0.2, 0.25) is 0 Å². The van der Waals surface area contributed by atoms with Crippen molar-refractivity contribution in [2.75, 3.05) is 33.2 Å². The Balaban J connectivity index is 2.25. The van der Waals surface area contributed by atoms with Gasteiger partial charge in [-0.05, 0) is 45.7 Å². The lowest BCUT2D eigenvalue weighted by molar-refractivity contribution is -0.133. The molecule has 1 fully saturated rings. The van der Waals surface area contributed by atoms with Gasteiger partial charge in [0, 0.05) is 19.6 Å². The molecular weight excluding hydrogens is 226 g/mol. The lowest BCUT2D eigenvalue weighted by Gasteiger charge is -2.34. The number of nitrogens with two attached hydrogens (primary N) is 1. The molecule has 18 heavy (non-hydrogen) atoms. The van der Waals surface area contributed by atoms with E-state index in [-0.39, 0.29) is 11.9 Å². The second-order valence-corrected chi connectivity index (χ2v) is 5.67. The number of carbonyl (C=O) groups excluding carboxylic acids is 1. The predicted octanol–water partition coefficient (Wildman–Crippen LogP) is 1.30. The van der Waals surface area contributed by atoms with E-state index in [1.807, 2.05) is 4.90 Å². The van der Waals surface area contributed by atoms with Crippen molar-refractivity contribution in [1.82, 2.24) is 9.80 Å². The zero-order valence-electron chi connectivity index (χ0n) is 12.2. The molecule has 0 bridgehead atoms. The normalized spacial score (nSPS) is 19.3. The van der Waals surface area contributed by atoms with E-state index in [4.69, 9.17) is 5.73 Å². The van der Waals surface area contributed by atoms with Gasteiger partial charge < -0.3 is 15.5 Å². The third-order valence-electron chi connectivity index (χ3n) is 3.78. The quantitative estimate of drug-likeness (QED) is 0.778. The molecule has 1 rings (SSSR count). The number of nitrogens with zero attached hydrogens (tertiary/aromatic N) is 2. The first-order valence-electron chi connectivity index (χ1n) is 7.27. The number of rotatable bonds is 6. The summed E-state index contributed by atoms with van der Waals surface area (Å²) in [6.07, 6.45) is 4.77. The molecule has 1 aliphatic rings. The van der Waals surface area contributed by atoms with Crippen LogP contribution in [0.5, 0.6) is 0 Å². The summed E-state index contributed by atoms with van der Waals surface area (Å²) >= 11 is 0. The van der Waals surface area contributed by atoms with Crippen molar-refractivity contribution in [3.05, 3.63) is 0 Å². The van der Waals surface area contributed by atoms with Crippen LogP contribution in [-0.4, -0.2) is 55.0 Å². The molecule has 4 heteroatoms. The SMILES string of the molecule is CCCCN(C)CC1CCN(C(=O)C(C)N)CC1. The first-order chi connectivity index (χ1) is 8.54. The van der Waals surface area contributed by atoms with Crippen LogP contribution in [-0.2, 0) is 4.79 Å². The largest absolute Gasteiger partial charge is 0.341 e. The molecule has 0 aliphatic carbocycles. The molecule has 106 valence electrons. The number of unbranched alkanes of at least 4 members (excludes halogenated alkanes) is 1. The van der Waals surface area contributed by atoms with Gasteiger partial charge in [-0.1, -0.05) is 13.3 Å². The van der Waals surface area contributed by atoms with Crippen LogP contribution in [0.4, 0.5) is 0 Å². The highest BCUT2D eigenvalue weighted by Gasteiger charge is 2.24. The van der Waals surface area contributed by atoms with E-state index in [9.17, 15) is 4.79 Å². The molecule has 1 amide bonds. The minimum atomic E-state index is -0.353. The standard InChI is InChI=1S/C14H29N3O/c1-4-5-8-16(3)11-13-6-9-17(10-7-13)14(18)12(2)15/h12-13H,4-11,15H2,1-3H3. The summed E-state index contributed by atoms with van der Waals surface area (Å²) in [5, 5.41) is 0. The van der Waals surface area contributed by atoms with E-state index in [1.54, 1.807) is 6.92 Å². The molecule has 0 saturated carbocycles. The average Bonchev–Trinajstić information content (AvgIpc) is 2.36. The Morgan fingerprint density at radius 3 is 2.56 bits per heavy atom. The average molecular weight is 255 g/mol. The van der Waals surface area contributed by atoms with Crippen molar-refractivity contribution in [3.63, 3.8) is 0 Å². The molecule has 1 aliphatic heterocycles.